The zero-order chi connectivity index (χ0) is 20.7. The van der Waals surface area contributed by atoms with E-state index < -0.39 is 0 Å². The Morgan fingerprint density at radius 1 is 1.10 bits per heavy atom. The van der Waals surface area contributed by atoms with E-state index in [1.807, 2.05) is 34.2 Å². The first-order chi connectivity index (χ1) is 14.6. The van der Waals surface area contributed by atoms with Crippen LogP contribution in [0, 0.1) is 11.7 Å². The average molecular weight is 424 g/mol. The summed E-state index contributed by atoms with van der Waals surface area (Å²) >= 11 is 1.35. The third-order valence-electron chi connectivity index (χ3n) is 5.99. The third kappa shape index (κ3) is 3.70. The molecule has 4 heterocycles. The second-order valence-electron chi connectivity index (χ2n) is 8.14. The van der Waals surface area contributed by atoms with Crippen molar-refractivity contribution in [2.45, 2.75) is 25.4 Å². The number of rotatable bonds is 4. The van der Waals surface area contributed by atoms with Crippen LogP contribution in [0.3, 0.4) is 0 Å². The molecule has 2 bridgehead atoms. The Morgan fingerprint density at radius 2 is 1.93 bits per heavy atom. The van der Waals surface area contributed by atoms with E-state index in [2.05, 4.69) is 10.2 Å². The number of pyridine rings is 1. The number of hydrogen-bond acceptors (Lipinski definition) is 4. The number of likely N-dealkylation sites (tertiary alicyclic amines) is 1. The summed E-state index contributed by atoms with van der Waals surface area (Å²) in [6.45, 7) is 3.22. The van der Waals surface area contributed by atoms with Gasteiger partial charge in [0, 0.05) is 37.8 Å². The molecule has 2 aromatic heterocycles. The van der Waals surface area contributed by atoms with Gasteiger partial charge in [-0.25, -0.2) is 4.39 Å². The van der Waals surface area contributed by atoms with Gasteiger partial charge in [0.05, 0.1) is 4.88 Å². The highest BCUT2D eigenvalue weighted by Gasteiger charge is 2.35. The Balaban J connectivity index is 1.35. The van der Waals surface area contributed by atoms with Crippen LogP contribution in [0.2, 0.25) is 0 Å². The maximum atomic E-state index is 13.2. The first-order valence-corrected chi connectivity index (χ1v) is 11.0. The molecule has 0 radical (unpaired) electrons. The van der Waals surface area contributed by atoms with Crippen molar-refractivity contribution in [2.24, 2.45) is 5.92 Å². The molecule has 0 unspecified atom stereocenters. The molecule has 5 nitrogen and oxygen atoms in total. The summed E-state index contributed by atoms with van der Waals surface area (Å²) in [5, 5.41) is 4.61. The summed E-state index contributed by atoms with van der Waals surface area (Å²) in [5.41, 5.74) is 2.34. The van der Waals surface area contributed by atoms with E-state index in [-0.39, 0.29) is 23.2 Å². The molecule has 1 fully saturated rings. The van der Waals surface area contributed by atoms with Crippen LogP contribution >= 0.6 is 11.3 Å². The number of thiophene rings is 1. The van der Waals surface area contributed by atoms with E-state index in [1.165, 1.54) is 23.5 Å². The molecule has 1 amide bonds. The number of nitrogens with one attached hydrogen (secondary N) is 1. The fourth-order valence-electron chi connectivity index (χ4n) is 4.71. The number of aromatic nitrogens is 1. The topological polar surface area (TPSA) is 54.3 Å². The number of benzene rings is 1. The van der Waals surface area contributed by atoms with Crippen LogP contribution in [-0.2, 0) is 13.1 Å². The fourth-order valence-corrected chi connectivity index (χ4v) is 5.33. The highest BCUT2D eigenvalue weighted by molar-refractivity contribution is 7.12. The number of hydrogen-bond donors (Lipinski definition) is 1. The van der Waals surface area contributed by atoms with E-state index in [0.717, 1.165) is 37.3 Å². The number of anilines is 1. The smallest absolute Gasteiger partial charge is 0.274 e. The highest BCUT2D eigenvalue weighted by Crippen LogP contribution is 2.36. The van der Waals surface area contributed by atoms with Crippen molar-refractivity contribution in [1.29, 1.82) is 0 Å². The van der Waals surface area contributed by atoms with E-state index in [4.69, 9.17) is 0 Å². The predicted molar refractivity (Wildman–Crippen MR) is 115 cm³/mol. The van der Waals surface area contributed by atoms with Gasteiger partial charge >= 0.3 is 0 Å². The van der Waals surface area contributed by atoms with Gasteiger partial charge in [0.1, 0.15) is 11.5 Å². The molecular formula is C23H22FN3O2S. The molecule has 2 aliphatic heterocycles. The molecule has 3 aromatic rings. The molecule has 2 aliphatic rings. The molecule has 154 valence electrons. The lowest BCUT2D eigenvalue weighted by atomic mass is 9.83. The van der Waals surface area contributed by atoms with E-state index in [1.54, 1.807) is 12.1 Å². The molecule has 5 rings (SSSR count). The maximum Gasteiger partial charge on any atom is 0.274 e. The molecule has 7 heteroatoms. The largest absolute Gasteiger partial charge is 0.317 e. The van der Waals surface area contributed by atoms with Gasteiger partial charge in [0.15, 0.2) is 0 Å². The lowest BCUT2D eigenvalue weighted by Crippen LogP contribution is -2.47. The monoisotopic (exact) mass is 423 g/mol. The maximum absolute atomic E-state index is 13.2. The highest BCUT2D eigenvalue weighted by atomic mass is 32.1. The Morgan fingerprint density at radius 3 is 2.70 bits per heavy atom. The number of fused-ring (bicyclic) bond motifs is 4. The number of carbonyl (C=O) groups excluding carboxylic acids is 1. The molecular weight excluding hydrogens is 401 g/mol. The van der Waals surface area contributed by atoms with E-state index >= 15 is 0 Å². The first kappa shape index (κ1) is 19.2. The van der Waals surface area contributed by atoms with Crippen molar-refractivity contribution in [1.82, 2.24) is 9.47 Å². The van der Waals surface area contributed by atoms with Gasteiger partial charge in [0.2, 0.25) is 0 Å². The molecule has 1 aromatic carbocycles. The second kappa shape index (κ2) is 7.81. The van der Waals surface area contributed by atoms with Gasteiger partial charge in [-0.1, -0.05) is 18.2 Å². The quantitative estimate of drug-likeness (QED) is 0.692. The minimum Gasteiger partial charge on any atom is -0.317 e. The molecule has 0 saturated carbocycles. The normalized spacial score (nSPS) is 20.6. The molecule has 0 spiro atoms. The third-order valence-corrected chi connectivity index (χ3v) is 6.86. The summed E-state index contributed by atoms with van der Waals surface area (Å²) < 4.78 is 15.0. The van der Waals surface area contributed by atoms with Crippen molar-refractivity contribution < 1.29 is 9.18 Å². The van der Waals surface area contributed by atoms with Gasteiger partial charge in [-0.3, -0.25) is 14.5 Å². The summed E-state index contributed by atoms with van der Waals surface area (Å²) in [5.74, 6) is 0.207. The van der Waals surface area contributed by atoms with Gasteiger partial charge in [0.25, 0.3) is 11.5 Å². The van der Waals surface area contributed by atoms with Crippen LogP contribution < -0.4 is 10.9 Å². The van der Waals surface area contributed by atoms with Crippen LogP contribution in [-0.4, -0.2) is 28.5 Å². The van der Waals surface area contributed by atoms with Crippen molar-refractivity contribution in [3.05, 3.63) is 86.2 Å². The summed E-state index contributed by atoms with van der Waals surface area (Å²) in [6.07, 6.45) is 1.07. The van der Waals surface area contributed by atoms with Crippen molar-refractivity contribution in [3.63, 3.8) is 0 Å². The molecule has 1 N–H and O–H groups in total. The molecule has 30 heavy (non-hydrogen) atoms. The van der Waals surface area contributed by atoms with Crippen LogP contribution in [0.5, 0.6) is 0 Å². The first-order valence-electron chi connectivity index (χ1n) is 10.1. The number of carbonyl (C=O) groups is 1. The Kier molecular flexibility index (Phi) is 5.00. The SMILES string of the molecule is O=C(Nc1ccc2n(c1=O)C[C@@H]1C[C@@H]2CN(Cc2ccc(F)cc2)C1)c1cccs1. The molecule has 1 saturated heterocycles. The lowest BCUT2D eigenvalue weighted by molar-refractivity contribution is 0.103. The number of piperidine rings is 1. The Bertz CT molecular complexity index is 1120. The van der Waals surface area contributed by atoms with Gasteiger partial charge in [-0.05, 0) is 53.6 Å². The van der Waals surface area contributed by atoms with Gasteiger partial charge < -0.3 is 9.88 Å². The van der Waals surface area contributed by atoms with Gasteiger partial charge in [-0.2, -0.15) is 0 Å². The van der Waals surface area contributed by atoms with Crippen LogP contribution in [0.15, 0.2) is 58.7 Å². The standard InChI is InChI=1S/C23H22FN3O2S/c24-18-5-3-15(4-6-18)11-26-12-16-10-17(14-26)20-8-7-19(23(29)27(20)13-16)25-22(28)21-2-1-9-30-21/h1-9,16-17H,10-14H2,(H,25,28)/t16-,17-/m1/s1. The predicted octanol–water partition coefficient (Wildman–Crippen LogP) is 3.92. The molecule has 0 aliphatic carbocycles. The van der Waals surface area contributed by atoms with Crippen LogP contribution in [0.25, 0.3) is 0 Å². The minimum absolute atomic E-state index is 0.126. The van der Waals surface area contributed by atoms with Crippen LogP contribution in [0.1, 0.15) is 33.3 Å². The van der Waals surface area contributed by atoms with Crippen molar-refractivity contribution in [2.75, 3.05) is 18.4 Å². The zero-order valence-corrected chi connectivity index (χ0v) is 17.2. The zero-order valence-electron chi connectivity index (χ0n) is 16.4. The Labute approximate surface area is 177 Å². The minimum atomic E-state index is -0.246. The average Bonchev–Trinajstić information content (AvgIpc) is 3.27. The van der Waals surface area contributed by atoms with Crippen molar-refractivity contribution in [3.8, 4) is 0 Å². The molecule has 2 atom stereocenters. The summed E-state index contributed by atoms with van der Waals surface area (Å²) in [7, 11) is 0. The van der Waals surface area contributed by atoms with Crippen molar-refractivity contribution >= 4 is 22.9 Å². The second-order valence-corrected chi connectivity index (χ2v) is 9.09. The number of halogens is 1. The van der Waals surface area contributed by atoms with Crippen LogP contribution in [0.4, 0.5) is 10.1 Å². The van der Waals surface area contributed by atoms with E-state index in [9.17, 15) is 14.0 Å². The lowest BCUT2D eigenvalue weighted by Gasteiger charge is -2.43. The Hall–Kier alpha value is -2.77. The fraction of sp³-hybridized carbons (Fsp3) is 0.304. The number of nitrogens with zero attached hydrogens (tertiary/aromatic N) is 2. The van der Waals surface area contributed by atoms with Gasteiger partial charge in [-0.15, -0.1) is 11.3 Å². The summed E-state index contributed by atoms with van der Waals surface area (Å²) in [4.78, 5) is 28.4. The van der Waals surface area contributed by atoms with E-state index in [0.29, 0.717) is 23.0 Å². The summed E-state index contributed by atoms with van der Waals surface area (Å²) in [6, 6.07) is 13.9. The number of amides is 1.